The molecule has 0 bridgehead atoms. The van der Waals surface area contributed by atoms with Crippen LogP contribution in [0, 0.1) is 17.1 Å². The highest BCUT2D eigenvalue weighted by molar-refractivity contribution is 5.91. The van der Waals surface area contributed by atoms with Crippen LogP contribution in [0.5, 0.6) is 0 Å². The Morgan fingerprint density at radius 3 is 2.81 bits per heavy atom. The van der Waals surface area contributed by atoms with E-state index in [2.05, 4.69) is 10.3 Å². The first-order valence-electron chi connectivity index (χ1n) is 6.54. The number of fused-ring (bicyclic) bond motifs is 1. The van der Waals surface area contributed by atoms with Crippen LogP contribution in [-0.4, -0.2) is 4.98 Å². The predicted octanol–water partition coefficient (Wildman–Crippen LogP) is 3.86. The molecule has 0 atom stereocenters. The van der Waals surface area contributed by atoms with Gasteiger partial charge < -0.3 is 5.32 Å². The Kier molecular flexibility index (Phi) is 3.48. The van der Waals surface area contributed by atoms with E-state index in [-0.39, 0.29) is 5.82 Å². The van der Waals surface area contributed by atoms with Gasteiger partial charge in [-0.05, 0) is 23.6 Å². The highest BCUT2D eigenvalue weighted by atomic mass is 19.1. The zero-order valence-corrected chi connectivity index (χ0v) is 11.2. The molecule has 0 radical (unpaired) electrons. The molecule has 4 heteroatoms. The molecule has 0 aliphatic heterocycles. The minimum atomic E-state index is -0.387. The maximum atomic E-state index is 13.8. The number of nitrogens with zero attached hydrogens (tertiary/aromatic N) is 2. The summed E-state index contributed by atoms with van der Waals surface area (Å²) in [7, 11) is 0. The third kappa shape index (κ3) is 2.67. The fourth-order valence-corrected chi connectivity index (χ4v) is 2.20. The summed E-state index contributed by atoms with van der Waals surface area (Å²) >= 11 is 0. The molecule has 0 aliphatic rings. The van der Waals surface area contributed by atoms with Crippen molar-refractivity contribution in [2.45, 2.75) is 6.54 Å². The fraction of sp³-hybridized carbons (Fsp3) is 0.0588. The van der Waals surface area contributed by atoms with E-state index in [4.69, 9.17) is 5.26 Å². The van der Waals surface area contributed by atoms with Gasteiger partial charge in [0, 0.05) is 23.7 Å². The lowest BCUT2D eigenvalue weighted by atomic mass is 10.1. The molecule has 0 amide bonds. The number of nitrogens with one attached hydrogen (secondary N) is 1. The molecule has 0 fully saturated rings. The Bertz CT molecular complexity index is 832. The van der Waals surface area contributed by atoms with Gasteiger partial charge in [0.2, 0.25) is 0 Å². The number of pyridine rings is 1. The summed E-state index contributed by atoms with van der Waals surface area (Å²) in [6.07, 6.45) is 1.72. The van der Waals surface area contributed by atoms with Gasteiger partial charge in [-0.3, -0.25) is 0 Å². The summed E-state index contributed by atoms with van der Waals surface area (Å²) in [6, 6.07) is 16.2. The van der Waals surface area contributed by atoms with Crippen LogP contribution in [-0.2, 0) is 6.54 Å². The zero-order chi connectivity index (χ0) is 14.7. The van der Waals surface area contributed by atoms with Crippen LogP contribution < -0.4 is 5.32 Å². The Balaban J connectivity index is 1.86. The highest BCUT2D eigenvalue weighted by Gasteiger charge is 2.05. The first kappa shape index (κ1) is 13.1. The van der Waals surface area contributed by atoms with Gasteiger partial charge in [0.15, 0.2) is 0 Å². The minimum absolute atomic E-state index is 0.318. The zero-order valence-electron chi connectivity index (χ0n) is 11.2. The molecule has 21 heavy (non-hydrogen) atoms. The number of halogens is 1. The quantitative estimate of drug-likeness (QED) is 0.791. The van der Waals surface area contributed by atoms with Gasteiger partial charge >= 0.3 is 0 Å². The number of rotatable bonds is 3. The Labute approximate surface area is 121 Å². The van der Waals surface area contributed by atoms with E-state index < -0.39 is 0 Å². The van der Waals surface area contributed by atoms with Crippen molar-refractivity contribution in [3.63, 3.8) is 0 Å². The Morgan fingerprint density at radius 1 is 1.14 bits per heavy atom. The van der Waals surface area contributed by atoms with Crippen LogP contribution in [0.25, 0.3) is 10.8 Å². The van der Waals surface area contributed by atoms with E-state index in [0.29, 0.717) is 17.7 Å². The number of aromatic nitrogens is 1. The number of hydrogen-bond donors (Lipinski definition) is 1. The van der Waals surface area contributed by atoms with Crippen molar-refractivity contribution < 1.29 is 4.39 Å². The monoisotopic (exact) mass is 277 g/mol. The van der Waals surface area contributed by atoms with E-state index >= 15 is 0 Å². The number of nitriles is 1. The molecule has 1 heterocycles. The number of benzene rings is 2. The van der Waals surface area contributed by atoms with Crippen LogP contribution in [0.1, 0.15) is 11.1 Å². The van der Waals surface area contributed by atoms with E-state index in [1.165, 1.54) is 6.07 Å². The largest absolute Gasteiger partial charge is 0.365 e. The Morgan fingerprint density at radius 2 is 2.00 bits per heavy atom. The SMILES string of the molecule is N#Cc1ccc(CNc2nccc3ccccc23)c(F)c1. The second-order valence-electron chi connectivity index (χ2n) is 4.65. The average Bonchev–Trinajstić information content (AvgIpc) is 2.53. The van der Waals surface area contributed by atoms with Crippen LogP contribution in [0.3, 0.4) is 0 Å². The van der Waals surface area contributed by atoms with Crippen LogP contribution >= 0.6 is 0 Å². The van der Waals surface area contributed by atoms with Crippen molar-refractivity contribution in [2.75, 3.05) is 5.32 Å². The third-order valence-electron chi connectivity index (χ3n) is 3.30. The molecule has 0 aliphatic carbocycles. The topological polar surface area (TPSA) is 48.7 Å². The maximum absolute atomic E-state index is 13.8. The smallest absolute Gasteiger partial charge is 0.134 e. The van der Waals surface area contributed by atoms with Gasteiger partial charge in [-0.25, -0.2) is 9.37 Å². The summed E-state index contributed by atoms with van der Waals surface area (Å²) in [5, 5.41) is 14.0. The van der Waals surface area contributed by atoms with Gasteiger partial charge in [-0.1, -0.05) is 30.3 Å². The maximum Gasteiger partial charge on any atom is 0.134 e. The van der Waals surface area contributed by atoms with E-state index in [1.54, 1.807) is 18.3 Å². The first-order chi connectivity index (χ1) is 10.3. The number of anilines is 1. The number of hydrogen-bond acceptors (Lipinski definition) is 3. The van der Waals surface area contributed by atoms with Gasteiger partial charge in [-0.2, -0.15) is 5.26 Å². The first-order valence-corrected chi connectivity index (χ1v) is 6.54. The van der Waals surface area contributed by atoms with Crippen LogP contribution in [0.2, 0.25) is 0 Å². The van der Waals surface area contributed by atoms with Crippen LogP contribution in [0.4, 0.5) is 10.2 Å². The van der Waals surface area contributed by atoms with Gasteiger partial charge in [-0.15, -0.1) is 0 Å². The lowest BCUT2D eigenvalue weighted by molar-refractivity contribution is 0.612. The van der Waals surface area contributed by atoms with Crippen molar-refractivity contribution >= 4 is 16.6 Å². The molecule has 102 valence electrons. The fourth-order valence-electron chi connectivity index (χ4n) is 2.20. The third-order valence-corrected chi connectivity index (χ3v) is 3.30. The molecule has 3 rings (SSSR count). The standard InChI is InChI=1S/C17H12FN3/c18-16-9-12(10-19)5-6-14(16)11-21-17-15-4-2-1-3-13(15)7-8-20-17/h1-9H,11H2,(H,20,21). The summed E-state index contributed by atoms with van der Waals surface area (Å²) in [5.74, 6) is 0.332. The molecule has 3 nitrogen and oxygen atoms in total. The van der Waals surface area contributed by atoms with Crippen LogP contribution in [0.15, 0.2) is 54.7 Å². The van der Waals surface area contributed by atoms with E-state index in [9.17, 15) is 4.39 Å². The highest BCUT2D eigenvalue weighted by Crippen LogP contribution is 2.21. The van der Waals surface area contributed by atoms with Crippen molar-refractivity contribution in [3.8, 4) is 6.07 Å². The average molecular weight is 277 g/mol. The summed E-state index contributed by atoms with van der Waals surface area (Å²) in [6.45, 7) is 0.318. The van der Waals surface area contributed by atoms with Crippen molar-refractivity contribution in [1.29, 1.82) is 5.26 Å². The lowest BCUT2D eigenvalue weighted by Gasteiger charge is -2.09. The van der Waals surface area contributed by atoms with E-state index in [1.807, 2.05) is 36.4 Å². The molecule has 0 spiro atoms. The predicted molar refractivity (Wildman–Crippen MR) is 80.2 cm³/mol. The summed E-state index contributed by atoms with van der Waals surface area (Å²) < 4.78 is 13.8. The molecular formula is C17H12FN3. The molecule has 0 saturated heterocycles. The molecule has 2 aromatic carbocycles. The second-order valence-corrected chi connectivity index (χ2v) is 4.65. The van der Waals surface area contributed by atoms with Crippen molar-refractivity contribution in [2.24, 2.45) is 0 Å². The second kappa shape index (κ2) is 5.59. The molecule has 1 aromatic heterocycles. The molecular weight excluding hydrogens is 265 g/mol. The molecule has 0 saturated carbocycles. The minimum Gasteiger partial charge on any atom is -0.365 e. The van der Waals surface area contributed by atoms with Crippen molar-refractivity contribution in [3.05, 3.63) is 71.7 Å². The molecule has 0 unspecified atom stereocenters. The summed E-state index contributed by atoms with van der Waals surface area (Å²) in [4.78, 5) is 4.30. The van der Waals surface area contributed by atoms with Gasteiger partial charge in [0.25, 0.3) is 0 Å². The van der Waals surface area contributed by atoms with Gasteiger partial charge in [0.1, 0.15) is 11.6 Å². The van der Waals surface area contributed by atoms with E-state index in [0.717, 1.165) is 16.6 Å². The Hall–Kier alpha value is -2.93. The molecule has 3 aromatic rings. The summed E-state index contributed by atoms with van der Waals surface area (Å²) in [5.41, 5.74) is 0.822. The van der Waals surface area contributed by atoms with Crippen molar-refractivity contribution in [1.82, 2.24) is 4.98 Å². The van der Waals surface area contributed by atoms with Gasteiger partial charge in [0.05, 0.1) is 11.6 Å². The lowest BCUT2D eigenvalue weighted by Crippen LogP contribution is -2.04. The molecule has 1 N–H and O–H groups in total. The normalized spacial score (nSPS) is 10.3.